The Bertz CT molecular complexity index is 2130. The maximum atomic E-state index is 12.7. The van der Waals surface area contributed by atoms with Gasteiger partial charge in [-0.1, -0.05) is 50.2 Å². The monoisotopic (exact) mass is 732 g/mol. The van der Waals surface area contributed by atoms with E-state index < -0.39 is 0 Å². The fraction of sp³-hybridized carbons (Fsp3) is 0.425. The van der Waals surface area contributed by atoms with Crippen LogP contribution in [0.2, 0.25) is 0 Å². The molecule has 2 aromatic carbocycles. The zero-order valence-corrected chi connectivity index (χ0v) is 31.4. The lowest BCUT2D eigenvalue weighted by Crippen LogP contribution is -2.47. The standard InChI is InChI=1S/C40H48N10O4/c1-26-20-29(9-10-30(26)22-41-38(53)36-46-39(54-47-36)40(2,3)4)35-33-21-28(24-50(33)43-25-42-35)23-49-18-16-48(17-19-49)15-5-6-27-7-11-31(12-8-27)44-32-13-14-34(51)45-37(32)52/h7-12,20-21,24-25,32,44H,5-6,13-19,22-23H2,1-4H3,(H,41,53)(H,45,51,52). The first-order chi connectivity index (χ1) is 26.0. The summed E-state index contributed by atoms with van der Waals surface area (Å²) in [5, 5.41) is 16.9. The second-order valence-corrected chi connectivity index (χ2v) is 15.4. The molecule has 282 valence electrons. The highest BCUT2D eigenvalue weighted by Gasteiger charge is 2.27. The molecule has 2 aliphatic rings. The number of hydrogen-bond donors (Lipinski definition) is 3. The van der Waals surface area contributed by atoms with Gasteiger partial charge >= 0.3 is 0 Å². The largest absolute Gasteiger partial charge is 0.374 e. The van der Waals surface area contributed by atoms with Crippen molar-refractivity contribution in [1.82, 2.24) is 45.2 Å². The van der Waals surface area contributed by atoms with Gasteiger partial charge in [0.25, 0.3) is 11.7 Å². The van der Waals surface area contributed by atoms with E-state index in [9.17, 15) is 14.4 Å². The summed E-state index contributed by atoms with van der Waals surface area (Å²) < 4.78 is 7.17. The SMILES string of the molecule is Cc1cc(-c2ncnn3cc(CN4CCN(CCCc5ccc(NC6CCC(=O)NC6=O)cc5)CC4)cc23)ccc1CNC(=O)c1noc(C(C)(C)C)n1. The molecule has 0 spiro atoms. The molecule has 5 heterocycles. The lowest BCUT2D eigenvalue weighted by atomic mass is 9.97. The van der Waals surface area contributed by atoms with Gasteiger partial charge in [0, 0.05) is 68.6 Å². The zero-order chi connectivity index (χ0) is 37.8. The van der Waals surface area contributed by atoms with E-state index in [4.69, 9.17) is 4.52 Å². The number of amides is 3. The van der Waals surface area contributed by atoms with Gasteiger partial charge < -0.3 is 20.1 Å². The van der Waals surface area contributed by atoms with Crippen LogP contribution < -0.4 is 16.0 Å². The van der Waals surface area contributed by atoms with E-state index in [0.717, 1.165) is 85.7 Å². The van der Waals surface area contributed by atoms with Crippen molar-refractivity contribution in [2.45, 2.75) is 77.9 Å². The van der Waals surface area contributed by atoms with Crippen molar-refractivity contribution in [3.63, 3.8) is 0 Å². The van der Waals surface area contributed by atoms with Gasteiger partial charge in [-0.05, 0) is 79.3 Å². The summed E-state index contributed by atoms with van der Waals surface area (Å²) in [5.41, 5.74) is 7.87. The Hall–Kier alpha value is -5.47. The van der Waals surface area contributed by atoms with Crippen molar-refractivity contribution in [3.05, 3.63) is 95.0 Å². The number of carbonyl (C=O) groups is 3. The Morgan fingerprint density at radius 1 is 1.00 bits per heavy atom. The van der Waals surface area contributed by atoms with Crippen LogP contribution in [-0.2, 0) is 34.5 Å². The van der Waals surface area contributed by atoms with Crippen molar-refractivity contribution in [2.24, 2.45) is 0 Å². The molecule has 14 nitrogen and oxygen atoms in total. The number of aromatic nitrogens is 5. The summed E-state index contributed by atoms with van der Waals surface area (Å²) in [6.45, 7) is 14.2. The van der Waals surface area contributed by atoms with Gasteiger partial charge in [0.05, 0.1) is 11.2 Å². The van der Waals surface area contributed by atoms with Crippen molar-refractivity contribution in [3.8, 4) is 11.3 Å². The van der Waals surface area contributed by atoms with E-state index in [1.54, 1.807) is 6.33 Å². The van der Waals surface area contributed by atoms with Crippen LogP contribution in [0.15, 0.2) is 65.6 Å². The van der Waals surface area contributed by atoms with Crippen LogP contribution in [-0.4, -0.2) is 91.0 Å². The van der Waals surface area contributed by atoms with E-state index >= 15 is 0 Å². The summed E-state index contributed by atoms with van der Waals surface area (Å²) >= 11 is 0. The fourth-order valence-corrected chi connectivity index (χ4v) is 6.94. The van der Waals surface area contributed by atoms with E-state index in [1.807, 2.05) is 56.5 Å². The molecule has 1 atom stereocenters. The minimum absolute atomic E-state index is 0.0302. The van der Waals surface area contributed by atoms with Gasteiger partial charge in [0.2, 0.25) is 17.7 Å². The van der Waals surface area contributed by atoms with Gasteiger partial charge in [-0.3, -0.25) is 24.6 Å². The van der Waals surface area contributed by atoms with Gasteiger partial charge in [-0.15, -0.1) is 0 Å². The molecule has 5 aromatic rings. The summed E-state index contributed by atoms with van der Waals surface area (Å²) in [7, 11) is 0. The van der Waals surface area contributed by atoms with Gasteiger partial charge in [0.1, 0.15) is 12.4 Å². The number of fused-ring (bicyclic) bond motifs is 1. The lowest BCUT2D eigenvalue weighted by Gasteiger charge is -2.34. The number of imide groups is 1. The Morgan fingerprint density at radius 3 is 2.50 bits per heavy atom. The van der Waals surface area contributed by atoms with Crippen molar-refractivity contribution >= 4 is 28.9 Å². The van der Waals surface area contributed by atoms with Gasteiger partial charge in [0.15, 0.2) is 0 Å². The van der Waals surface area contributed by atoms with E-state index in [0.29, 0.717) is 25.3 Å². The molecule has 0 saturated carbocycles. The number of anilines is 1. The first-order valence-electron chi connectivity index (χ1n) is 18.7. The average molecular weight is 733 g/mol. The smallest absolute Gasteiger partial charge is 0.292 e. The second-order valence-electron chi connectivity index (χ2n) is 15.4. The van der Waals surface area contributed by atoms with E-state index in [1.165, 1.54) is 11.1 Å². The highest BCUT2D eigenvalue weighted by atomic mass is 16.5. The number of aryl methyl sites for hydroxylation is 2. The zero-order valence-electron chi connectivity index (χ0n) is 31.4. The molecule has 1 unspecified atom stereocenters. The number of piperazine rings is 1. The highest BCUT2D eigenvalue weighted by molar-refractivity contribution is 6.01. The molecule has 0 aliphatic carbocycles. The Kier molecular flexibility index (Phi) is 10.8. The quantitative estimate of drug-likeness (QED) is 0.157. The number of nitrogens with one attached hydrogen (secondary N) is 3. The third-order valence-electron chi connectivity index (χ3n) is 10.1. The van der Waals surface area contributed by atoms with Crippen molar-refractivity contribution < 1.29 is 18.9 Å². The topological polar surface area (TPSA) is 163 Å². The molecule has 2 fully saturated rings. The Morgan fingerprint density at radius 2 is 1.78 bits per heavy atom. The Balaban J connectivity index is 0.874. The van der Waals surface area contributed by atoms with E-state index in [2.05, 4.69) is 76.4 Å². The fourth-order valence-electron chi connectivity index (χ4n) is 6.94. The maximum absolute atomic E-state index is 12.7. The molecule has 0 radical (unpaired) electrons. The van der Waals surface area contributed by atoms with Crippen LogP contribution in [0.25, 0.3) is 16.8 Å². The summed E-state index contributed by atoms with van der Waals surface area (Å²) in [6.07, 6.45) is 6.65. The number of benzene rings is 2. The molecule has 2 aliphatic heterocycles. The molecule has 14 heteroatoms. The van der Waals surface area contributed by atoms with Crippen LogP contribution in [0.1, 0.15) is 78.8 Å². The third kappa shape index (κ3) is 8.83. The summed E-state index contributed by atoms with van der Waals surface area (Å²) in [4.78, 5) is 50.1. The molecule has 7 rings (SSSR count). The normalized spacial score (nSPS) is 17.1. The van der Waals surface area contributed by atoms with Crippen LogP contribution in [0.3, 0.4) is 0 Å². The van der Waals surface area contributed by atoms with Crippen molar-refractivity contribution in [2.75, 3.05) is 38.0 Å². The van der Waals surface area contributed by atoms with Crippen LogP contribution in [0.5, 0.6) is 0 Å². The number of hydrogen-bond acceptors (Lipinski definition) is 11. The predicted molar refractivity (Wildman–Crippen MR) is 204 cm³/mol. The third-order valence-corrected chi connectivity index (χ3v) is 10.1. The van der Waals surface area contributed by atoms with Gasteiger partial charge in [-0.2, -0.15) is 10.1 Å². The van der Waals surface area contributed by atoms with Gasteiger partial charge in [-0.25, -0.2) is 9.50 Å². The van der Waals surface area contributed by atoms with Crippen LogP contribution >= 0.6 is 0 Å². The minimum atomic E-state index is -0.375. The number of carbonyl (C=O) groups excluding carboxylic acids is 3. The van der Waals surface area contributed by atoms with E-state index in [-0.39, 0.29) is 35.0 Å². The molecule has 3 aromatic heterocycles. The molecule has 2 saturated heterocycles. The first kappa shape index (κ1) is 36.9. The number of rotatable bonds is 12. The first-order valence-corrected chi connectivity index (χ1v) is 18.7. The second kappa shape index (κ2) is 15.9. The molecular weight excluding hydrogens is 685 g/mol. The molecule has 54 heavy (non-hydrogen) atoms. The van der Waals surface area contributed by atoms with Crippen LogP contribution in [0, 0.1) is 6.92 Å². The maximum Gasteiger partial charge on any atom is 0.292 e. The summed E-state index contributed by atoms with van der Waals surface area (Å²) in [5.74, 6) is -0.381. The number of nitrogens with zero attached hydrogens (tertiary/aromatic N) is 7. The predicted octanol–water partition coefficient (Wildman–Crippen LogP) is 4.28. The average Bonchev–Trinajstić information content (AvgIpc) is 3.82. The molecular formula is C40H48N10O4. The summed E-state index contributed by atoms with van der Waals surface area (Å²) in [6, 6.07) is 16.2. The Labute approximate surface area is 314 Å². The number of piperidine rings is 1. The van der Waals surface area contributed by atoms with Crippen LogP contribution in [0.4, 0.5) is 5.69 Å². The lowest BCUT2D eigenvalue weighted by molar-refractivity contribution is -0.133. The highest BCUT2D eigenvalue weighted by Crippen LogP contribution is 2.27. The molecule has 3 amide bonds. The molecule has 0 bridgehead atoms. The van der Waals surface area contributed by atoms with Crippen molar-refractivity contribution in [1.29, 1.82) is 0 Å². The molecule has 3 N–H and O–H groups in total. The minimum Gasteiger partial charge on any atom is -0.374 e.